The van der Waals surface area contributed by atoms with E-state index in [9.17, 15) is 9.59 Å². The van der Waals surface area contributed by atoms with Gasteiger partial charge in [0.1, 0.15) is 11.4 Å². The van der Waals surface area contributed by atoms with Crippen molar-refractivity contribution >= 4 is 23.1 Å². The molecule has 1 aliphatic rings. The number of ether oxygens (including phenoxy) is 1. The van der Waals surface area contributed by atoms with Crippen molar-refractivity contribution in [2.45, 2.75) is 20.4 Å². The Morgan fingerprint density at radius 3 is 2.28 bits per heavy atom. The van der Waals surface area contributed by atoms with Crippen molar-refractivity contribution in [3.63, 3.8) is 0 Å². The molecule has 0 radical (unpaired) electrons. The fourth-order valence-electron chi connectivity index (χ4n) is 3.95. The smallest absolute Gasteiger partial charge is 0.282 e. The van der Waals surface area contributed by atoms with Crippen LogP contribution in [-0.4, -0.2) is 30.9 Å². The van der Waals surface area contributed by atoms with E-state index in [4.69, 9.17) is 4.74 Å². The number of carbonyl (C=O) groups excluding carboxylic acids is 2. The topological polar surface area (TPSA) is 49.9 Å². The molecule has 5 heteroatoms. The summed E-state index contributed by atoms with van der Waals surface area (Å²) in [6.07, 6.45) is 0. The maximum atomic E-state index is 13.7. The Balaban J connectivity index is 1.82. The van der Waals surface area contributed by atoms with Gasteiger partial charge in [-0.15, -0.1) is 0 Å². The van der Waals surface area contributed by atoms with Crippen LogP contribution in [0.25, 0.3) is 5.57 Å². The van der Waals surface area contributed by atoms with E-state index < -0.39 is 0 Å². The molecule has 0 aromatic heterocycles. The Kier molecular flexibility index (Phi) is 5.82. The van der Waals surface area contributed by atoms with Gasteiger partial charge in [0.2, 0.25) is 0 Å². The highest BCUT2D eigenvalue weighted by Gasteiger charge is 2.42. The number of methoxy groups -OCH3 is 1. The highest BCUT2D eigenvalue weighted by Crippen LogP contribution is 2.36. The Hall–Kier alpha value is -3.86. The number of rotatable bonds is 6. The summed E-state index contributed by atoms with van der Waals surface area (Å²) in [4.78, 5) is 30.4. The Morgan fingerprint density at radius 2 is 1.59 bits per heavy atom. The Bertz CT molecular complexity index is 1210. The van der Waals surface area contributed by atoms with E-state index in [1.807, 2.05) is 74.3 Å². The second-order valence-corrected chi connectivity index (χ2v) is 8.01. The zero-order valence-electron chi connectivity index (χ0n) is 18.8. The summed E-state index contributed by atoms with van der Waals surface area (Å²) < 4.78 is 5.31. The highest BCUT2D eigenvalue weighted by atomic mass is 16.5. The lowest BCUT2D eigenvalue weighted by Crippen LogP contribution is -2.34. The largest absolute Gasteiger partial charge is 0.497 e. The van der Waals surface area contributed by atoms with Crippen molar-refractivity contribution in [1.29, 1.82) is 0 Å². The van der Waals surface area contributed by atoms with Crippen LogP contribution >= 0.6 is 0 Å². The fourth-order valence-corrected chi connectivity index (χ4v) is 3.95. The molecule has 0 N–H and O–H groups in total. The molecule has 0 atom stereocenters. The van der Waals surface area contributed by atoms with Crippen LogP contribution in [0.2, 0.25) is 0 Å². The third kappa shape index (κ3) is 3.89. The number of likely N-dealkylation sites (N-methyl/N-ethyl adjacent to an activating group) is 1. The Labute approximate surface area is 188 Å². The zero-order chi connectivity index (χ0) is 22.8. The number of hydrogen-bond donors (Lipinski definition) is 0. The molecule has 5 nitrogen and oxygen atoms in total. The van der Waals surface area contributed by atoms with E-state index in [-0.39, 0.29) is 11.8 Å². The molecule has 2 amide bonds. The van der Waals surface area contributed by atoms with Gasteiger partial charge in [-0.3, -0.25) is 9.59 Å². The van der Waals surface area contributed by atoms with Crippen LogP contribution in [0.4, 0.5) is 5.69 Å². The molecule has 162 valence electrons. The molecule has 1 aliphatic heterocycles. The highest BCUT2D eigenvalue weighted by molar-refractivity contribution is 6.45. The molecular formula is C27H26N2O3. The number of aryl methyl sites for hydroxylation is 2. The van der Waals surface area contributed by atoms with Crippen LogP contribution < -0.4 is 9.64 Å². The number of nitrogens with zero attached hydrogens (tertiary/aromatic N) is 2. The fraction of sp³-hybridized carbons (Fsp3) is 0.185. The SMILES string of the molecule is COc1cccc(N2C(=O)C(c3ccc(C)c(C)c3)=C(N(C)Cc3ccccc3)C2=O)c1. The zero-order valence-corrected chi connectivity index (χ0v) is 18.8. The van der Waals surface area contributed by atoms with Gasteiger partial charge in [-0.25, -0.2) is 4.90 Å². The second kappa shape index (κ2) is 8.71. The molecule has 4 rings (SSSR count). The van der Waals surface area contributed by atoms with Gasteiger partial charge in [-0.05, 0) is 48.2 Å². The van der Waals surface area contributed by atoms with Crippen molar-refractivity contribution in [1.82, 2.24) is 4.90 Å². The van der Waals surface area contributed by atoms with Crippen molar-refractivity contribution in [3.05, 3.63) is 101 Å². The standard InChI is InChI=1S/C27H26N2O3/c1-18-13-14-21(15-19(18)2)24-25(28(3)17-20-9-6-5-7-10-20)27(31)29(26(24)30)22-11-8-12-23(16-22)32-4/h5-16H,17H2,1-4H3. The summed E-state index contributed by atoms with van der Waals surface area (Å²) in [5, 5.41) is 0. The lowest BCUT2D eigenvalue weighted by molar-refractivity contribution is -0.120. The second-order valence-electron chi connectivity index (χ2n) is 8.01. The first-order valence-electron chi connectivity index (χ1n) is 10.5. The third-order valence-corrected chi connectivity index (χ3v) is 5.81. The van der Waals surface area contributed by atoms with Gasteiger partial charge in [0, 0.05) is 19.7 Å². The van der Waals surface area contributed by atoms with Gasteiger partial charge in [-0.2, -0.15) is 0 Å². The molecule has 32 heavy (non-hydrogen) atoms. The van der Waals surface area contributed by atoms with E-state index in [2.05, 4.69) is 0 Å². The van der Waals surface area contributed by atoms with Crippen LogP contribution in [0.15, 0.2) is 78.5 Å². The third-order valence-electron chi connectivity index (χ3n) is 5.81. The van der Waals surface area contributed by atoms with Crippen LogP contribution in [0, 0.1) is 13.8 Å². The summed E-state index contributed by atoms with van der Waals surface area (Å²) in [7, 11) is 3.41. The number of carbonyl (C=O) groups is 2. The van der Waals surface area contributed by atoms with Crippen molar-refractivity contribution < 1.29 is 14.3 Å². The van der Waals surface area contributed by atoms with Crippen molar-refractivity contribution in [3.8, 4) is 5.75 Å². The number of anilines is 1. The van der Waals surface area contributed by atoms with E-state index >= 15 is 0 Å². The molecular weight excluding hydrogens is 400 g/mol. The van der Waals surface area contributed by atoms with Crippen molar-refractivity contribution in [2.24, 2.45) is 0 Å². The first-order chi connectivity index (χ1) is 15.4. The van der Waals surface area contributed by atoms with E-state index in [1.165, 1.54) is 4.90 Å². The summed E-state index contributed by atoms with van der Waals surface area (Å²) in [6, 6.07) is 22.8. The molecule has 1 heterocycles. The lowest BCUT2D eigenvalue weighted by Gasteiger charge is -2.22. The van der Waals surface area contributed by atoms with Gasteiger partial charge in [0.05, 0.1) is 18.4 Å². The summed E-state index contributed by atoms with van der Waals surface area (Å²) >= 11 is 0. The predicted molar refractivity (Wildman–Crippen MR) is 126 cm³/mol. The minimum atomic E-state index is -0.338. The van der Waals surface area contributed by atoms with Gasteiger partial charge in [0.15, 0.2) is 0 Å². The molecule has 0 fully saturated rings. The van der Waals surface area contributed by atoms with E-state index in [0.717, 1.165) is 22.3 Å². The summed E-state index contributed by atoms with van der Waals surface area (Å²) in [6.45, 7) is 4.55. The number of amides is 2. The molecule has 0 saturated heterocycles. The maximum absolute atomic E-state index is 13.7. The van der Waals surface area contributed by atoms with Crippen LogP contribution in [0.1, 0.15) is 22.3 Å². The molecule has 3 aromatic rings. The van der Waals surface area contributed by atoms with E-state index in [0.29, 0.717) is 29.3 Å². The minimum Gasteiger partial charge on any atom is -0.497 e. The van der Waals surface area contributed by atoms with Crippen LogP contribution in [0.5, 0.6) is 5.75 Å². The van der Waals surface area contributed by atoms with Gasteiger partial charge in [-0.1, -0.05) is 54.6 Å². The molecule has 0 unspecified atom stereocenters. The summed E-state index contributed by atoms with van der Waals surface area (Å²) in [5.41, 5.74) is 5.30. The maximum Gasteiger partial charge on any atom is 0.282 e. The van der Waals surface area contributed by atoms with Crippen LogP contribution in [-0.2, 0) is 16.1 Å². The van der Waals surface area contributed by atoms with Crippen LogP contribution in [0.3, 0.4) is 0 Å². The van der Waals surface area contributed by atoms with E-state index in [1.54, 1.807) is 31.4 Å². The monoisotopic (exact) mass is 426 g/mol. The van der Waals surface area contributed by atoms with Gasteiger partial charge >= 0.3 is 0 Å². The average Bonchev–Trinajstić information content (AvgIpc) is 3.06. The molecule has 0 bridgehead atoms. The number of hydrogen-bond acceptors (Lipinski definition) is 4. The molecule has 3 aromatic carbocycles. The first kappa shape index (κ1) is 21.4. The average molecular weight is 427 g/mol. The molecule has 0 aliphatic carbocycles. The minimum absolute atomic E-state index is 0.332. The van der Waals surface area contributed by atoms with Gasteiger partial charge < -0.3 is 9.64 Å². The van der Waals surface area contributed by atoms with Gasteiger partial charge in [0.25, 0.3) is 11.8 Å². The first-order valence-corrected chi connectivity index (χ1v) is 10.5. The normalized spacial score (nSPS) is 13.7. The lowest BCUT2D eigenvalue weighted by atomic mass is 9.99. The predicted octanol–water partition coefficient (Wildman–Crippen LogP) is 4.73. The number of imide groups is 1. The number of benzene rings is 3. The summed E-state index contributed by atoms with van der Waals surface area (Å²) in [5.74, 6) is -0.0850. The Morgan fingerprint density at radius 1 is 0.844 bits per heavy atom. The molecule has 0 spiro atoms. The van der Waals surface area contributed by atoms with Crippen molar-refractivity contribution in [2.75, 3.05) is 19.1 Å². The quantitative estimate of drug-likeness (QED) is 0.535. The molecule has 0 saturated carbocycles.